The number of aromatic nitrogens is 2. The minimum absolute atomic E-state index is 0.102. The molecular formula is C15H26N3O14P3. The maximum atomic E-state index is 12.2. The highest BCUT2D eigenvalue weighted by atomic mass is 31.3. The Hall–Kier alpha value is -1.29. The quantitative estimate of drug-likeness (QED) is 0.119. The lowest BCUT2D eigenvalue weighted by molar-refractivity contribution is -0.0524. The highest BCUT2D eigenvalue weighted by Crippen LogP contribution is 2.66. The number of nitrogens with zero attached hydrogens (tertiary/aromatic N) is 1. The monoisotopic (exact) mass is 565 g/mol. The maximum absolute atomic E-state index is 12.2. The predicted molar refractivity (Wildman–Crippen MR) is 118 cm³/mol. The molecule has 200 valence electrons. The van der Waals surface area contributed by atoms with Crippen molar-refractivity contribution in [2.75, 3.05) is 13.2 Å². The molecule has 1 aromatic heterocycles. The van der Waals surface area contributed by atoms with Crippen molar-refractivity contribution < 1.29 is 56.3 Å². The van der Waals surface area contributed by atoms with Crippen molar-refractivity contribution in [1.29, 1.82) is 0 Å². The molecule has 2 rings (SSSR count). The van der Waals surface area contributed by atoms with Gasteiger partial charge in [0.15, 0.2) is 6.23 Å². The summed E-state index contributed by atoms with van der Waals surface area (Å²) >= 11 is 0. The van der Waals surface area contributed by atoms with E-state index in [-0.39, 0.29) is 12.0 Å². The van der Waals surface area contributed by atoms with Crippen LogP contribution < -0.4 is 17.0 Å². The number of nitrogens with one attached hydrogen (secondary N) is 1. The van der Waals surface area contributed by atoms with Crippen LogP contribution in [0.2, 0.25) is 0 Å². The molecule has 2 heterocycles. The number of aromatic amines is 1. The molecule has 0 saturated carbocycles. The Morgan fingerprint density at radius 1 is 1.14 bits per heavy atom. The molecule has 8 N–H and O–H groups in total. The molecule has 0 radical (unpaired) electrons. The maximum Gasteiger partial charge on any atom is 0.490 e. The van der Waals surface area contributed by atoms with E-state index in [0.717, 1.165) is 17.4 Å². The lowest BCUT2D eigenvalue weighted by Crippen LogP contribution is -2.36. The number of rotatable bonds is 13. The van der Waals surface area contributed by atoms with Gasteiger partial charge < -0.3 is 35.2 Å². The van der Waals surface area contributed by atoms with Gasteiger partial charge in [0.1, 0.15) is 6.10 Å². The zero-order valence-corrected chi connectivity index (χ0v) is 20.7. The fourth-order valence-electron chi connectivity index (χ4n) is 2.99. The van der Waals surface area contributed by atoms with Crippen LogP contribution in [0.25, 0.3) is 6.08 Å². The average molecular weight is 565 g/mol. The molecule has 0 amide bonds. The van der Waals surface area contributed by atoms with Crippen molar-refractivity contribution in [2.24, 2.45) is 5.73 Å². The topological polar surface area (TPSA) is 270 Å². The summed E-state index contributed by atoms with van der Waals surface area (Å²) in [6, 6.07) is 0. The molecule has 0 bridgehead atoms. The van der Waals surface area contributed by atoms with E-state index < -0.39 is 59.8 Å². The van der Waals surface area contributed by atoms with E-state index in [4.69, 9.17) is 25.2 Å². The van der Waals surface area contributed by atoms with E-state index in [9.17, 15) is 33.3 Å². The van der Waals surface area contributed by atoms with Crippen LogP contribution in [0.3, 0.4) is 0 Å². The number of phosphoric acid groups is 3. The van der Waals surface area contributed by atoms with Gasteiger partial charge in [-0.3, -0.25) is 18.9 Å². The summed E-state index contributed by atoms with van der Waals surface area (Å²) in [4.78, 5) is 62.1. The predicted octanol–water partition coefficient (Wildman–Crippen LogP) is -0.329. The lowest BCUT2D eigenvalue weighted by atomic mass is 10.2. The number of ether oxygens (including phenoxy) is 1. The SMILES string of the molecule is NCCCC/C=C/c1cn([C@@H]2O[C@H](COP(=O)(O)OP(=O)(O)OP(=O)(O)O)C[C@H]2O)c(=O)[nH]c1=O. The number of unbranched alkanes of at least 4 members (excludes halogenated alkanes) is 2. The molecule has 2 unspecified atom stereocenters. The standard InChI is InChI=1S/C15H26N3O14P3/c16-6-4-2-1-3-5-10-8-18(15(21)17-13(10)20)14-12(19)7-11(30-14)9-29-34(25,26)32-35(27,28)31-33(22,23)24/h3,5,8,11-12,14,19H,1-2,4,6-7,9,16H2,(H,25,26)(H,27,28)(H,17,20,21)(H2,22,23,24)/b5-3+/t11-,12+,14+/m0/s1. The number of aliphatic hydroxyl groups is 1. The summed E-state index contributed by atoms with van der Waals surface area (Å²) in [5.41, 5.74) is 3.95. The molecular weight excluding hydrogens is 539 g/mol. The Morgan fingerprint density at radius 3 is 2.46 bits per heavy atom. The van der Waals surface area contributed by atoms with E-state index in [1.54, 1.807) is 6.08 Å². The van der Waals surface area contributed by atoms with E-state index in [1.807, 2.05) is 0 Å². The molecule has 1 fully saturated rings. The Kier molecular flexibility index (Phi) is 10.5. The number of hydrogen-bond acceptors (Lipinski definition) is 11. The number of phosphoric ester groups is 1. The zero-order valence-electron chi connectivity index (χ0n) is 18.0. The third-order valence-corrected chi connectivity index (χ3v) is 8.20. The van der Waals surface area contributed by atoms with Gasteiger partial charge in [0.05, 0.1) is 18.3 Å². The molecule has 5 atom stereocenters. The lowest BCUT2D eigenvalue weighted by Gasteiger charge is -2.19. The smallest absolute Gasteiger partial charge is 0.388 e. The number of allylic oxidation sites excluding steroid dienone is 1. The van der Waals surface area contributed by atoms with Gasteiger partial charge in [-0.05, 0) is 25.8 Å². The Labute approximate surface area is 197 Å². The van der Waals surface area contributed by atoms with Crippen molar-refractivity contribution in [3.05, 3.63) is 38.7 Å². The van der Waals surface area contributed by atoms with Crippen LogP contribution in [0.5, 0.6) is 0 Å². The first-order chi connectivity index (χ1) is 16.1. The Morgan fingerprint density at radius 2 is 1.83 bits per heavy atom. The number of aliphatic hydroxyl groups excluding tert-OH is 1. The number of H-pyrrole nitrogens is 1. The Bertz CT molecular complexity index is 1160. The second-order valence-corrected chi connectivity index (χ2v) is 11.7. The number of hydrogen-bond donors (Lipinski definition) is 7. The molecule has 0 aromatic carbocycles. The summed E-state index contributed by atoms with van der Waals surface area (Å²) in [5.74, 6) is 0. The highest BCUT2D eigenvalue weighted by Gasteiger charge is 2.42. The van der Waals surface area contributed by atoms with Crippen molar-refractivity contribution in [3.8, 4) is 0 Å². The van der Waals surface area contributed by atoms with Crippen molar-refractivity contribution >= 4 is 29.5 Å². The first kappa shape index (κ1) is 29.9. The molecule has 0 aliphatic carbocycles. The second-order valence-electron chi connectivity index (χ2n) is 7.28. The summed E-state index contributed by atoms with van der Waals surface area (Å²) in [5, 5.41) is 10.3. The fourth-order valence-corrected chi connectivity index (χ4v) is 6.04. The van der Waals surface area contributed by atoms with Crippen molar-refractivity contribution in [1.82, 2.24) is 9.55 Å². The zero-order chi connectivity index (χ0) is 26.4. The van der Waals surface area contributed by atoms with Crippen LogP contribution in [-0.2, 0) is 31.6 Å². The van der Waals surface area contributed by atoms with Crippen LogP contribution in [0.1, 0.15) is 37.5 Å². The molecule has 17 nitrogen and oxygen atoms in total. The fraction of sp³-hybridized carbons (Fsp3) is 0.600. The van der Waals surface area contributed by atoms with E-state index in [1.165, 1.54) is 12.3 Å². The van der Waals surface area contributed by atoms with Gasteiger partial charge in [-0.1, -0.05) is 12.2 Å². The van der Waals surface area contributed by atoms with Crippen LogP contribution in [-0.4, -0.2) is 59.6 Å². The summed E-state index contributed by atoms with van der Waals surface area (Å²) in [7, 11) is -16.6. The molecule has 1 saturated heterocycles. The molecule has 0 spiro atoms. The third kappa shape index (κ3) is 9.94. The van der Waals surface area contributed by atoms with Gasteiger partial charge in [0, 0.05) is 12.6 Å². The largest absolute Gasteiger partial charge is 0.490 e. The number of nitrogens with two attached hydrogens (primary N) is 1. The summed E-state index contributed by atoms with van der Waals surface area (Å²) in [6.45, 7) is -0.275. The first-order valence-corrected chi connectivity index (χ1v) is 14.5. The van der Waals surface area contributed by atoms with Gasteiger partial charge in [-0.15, -0.1) is 0 Å². The van der Waals surface area contributed by atoms with Crippen LogP contribution in [0.4, 0.5) is 0 Å². The van der Waals surface area contributed by atoms with Gasteiger partial charge in [-0.2, -0.15) is 8.62 Å². The van der Waals surface area contributed by atoms with Gasteiger partial charge >= 0.3 is 29.2 Å². The molecule has 1 aromatic rings. The van der Waals surface area contributed by atoms with Crippen molar-refractivity contribution in [3.63, 3.8) is 0 Å². The van der Waals surface area contributed by atoms with Gasteiger partial charge in [0.2, 0.25) is 0 Å². The van der Waals surface area contributed by atoms with E-state index in [2.05, 4.69) is 18.1 Å². The summed E-state index contributed by atoms with van der Waals surface area (Å²) < 4.78 is 51.9. The minimum Gasteiger partial charge on any atom is -0.388 e. The van der Waals surface area contributed by atoms with E-state index in [0.29, 0.717) is 13.0 Å². The Balaban J connectivity index is 2.05. The normalized spacial score (nSPS) is 24.5. The van der Waals surface area contributed by atoms with Crippen LogP contribution in [0.15, 0.2) is 21.9 Å². The molecule has 1 aliphatic heterocycles. The van der Waals surface area contributed by atoms with Crippen LogP contribution >= 0.6 is 23.5 Å². The van der Waals surface area contributed by atoms with Gasteiger partial charge in [0.25, 0.3) is 5.56 Å². The highest BCUT2D eigenvalue weighted by molar-refractivity contribution is 7.66. The van der Waals surface area contributed by atoms with E-state index >= 15 is 0 Å². The van der Waals surface area contributed by atoms with Crippen LogP contribution in [0, 0.1) is 0 Å². The third-order valence-electron chi connectivity index (χ3n) is 4.40. The van der Waals surface area contributed by atoms with Crippen molar-refractivity contribution in [2.45, 2.75) is 44.1 Å². The molecule has 1 aliphatic rings. The minimum atomic E-state index is -5.68. The first-order valence-electron chi connectivity index (χ1n) is 9.96. The average Bonchev–Trinajstić information content (AvgIpc) is 3.05. The molecule has 35 heavy (non-hydrogen) atoms. The molecule has 20 heteroatoms. The van der Waals surface area contributed by atoms with Gasteiger partial charge in [-0.25, -0.2) is 18.5 Å². The summed E-state index contributed by atoms with van der Waals surface area (Å²) in [6.07, 6.45) is 2.60. The second kappa shape index (κ2) is 12.3.